The molecule has 8 nitrogen and oxygen atoms in total. The van der Waals surface area contributed by atoms with Gasteiger partial charge in [0.25, 0.3) is 5.91 Å². The molecule has 148 valence electrons. The van der Waals surface area contributed by atoms with Crippen molar-refractivity contribution >= 4 is 12.0 Å². The number of rotatable bonds is 7. The van der Waals surface area contributed by atoms with E-state index in [1.165, 1.54) is 0 Å². The molecule has 27 heavy (non-hydrogen) atoms. The van der Waals surface area contributed by atoms with Gasteiger partial charge in [-0.25, -0.2) is 4.79 Å². The van der Waals surface area contributed by atoms with Crippen molar-refractivity contribution in [1.82, 2.24) is 20.8 Å². The highest BCUT2D eigenvalue weighted by Crippen LogP contribution is 2.18. The maximum atomic E-state index is 12.5. The lowest BCUT2D eigenvalue weighted by atomic mass is 10.0. The summed E-state index contributed by atoms with van der Waals surface area (Å²) in [6.07, 6.45) is 1.75. The summed E-state index contributed by atoms with van der Waals surface area (Å²) in [5, 5.41) is 12.5. The first kappa shape index (κ1) is 20.5. The number of hydrogen-bond donors (Lipinski definition) is 3. The molecule has 0 aliphatic heterocycles. The van der Waals surface area contributed by atoms with Crippen LogP contribution in [-0.2, 0) is 4.74 Å². The van der Waals surface area contributed by atoms with Crippen LogP contribution in [0.15, 0.2) is 28.9 Å². The first-order valence-corrected chi connectivity index (χ1v) is 9.01. The van der Waals surface area contributed by atoms with E-state index in [2.05, 4.69) is 34.7 Å². The van der Waals surface area contributed by atoms with Crippen LogP contribution >= 0.6 is 0 Å². The summed E-state index contributed by atoms with van der Waals surface area (Å²) in [5.41, 5.74) is 0.308. The zero-order chi connectivity index (χ0) is 20.0. The van der Waals surface area contributed by atoms with E-state index in [9.17, 15) is 9.59 Å². The lowest BCUT2D eigenvalue weighted by Crippen LogP contribution is -2.45. The third kappa shape index (κ3) is 6.80. The molecule has 2 rings (SSSR count). The summed E-state index contributed by atoms with van der Waals surface area (Å²) in [7, 11) is 0. The van der Waals surface area contributed by atoms with Crippen molar-refractivity contribution in [1.29, 1.82) is 0 Å². The Morgan fingerprint density at radius 2 is 2.07 bits per heavy atom. The normalized spacial score (nSPS) is 12.7. The number of carbonyl (C=O) groups excluding carboxylic acids is 2. The van der Waals surface area contributed by atoms with E-state index in [0.717, 1.165) is 0 Å². The van der Waals surface area contributed by atoms with Gasteiger partial charge in [0.15, 0.2) is 11.5 Å². The van der Waals surface area contributed by atoms with Gasteiger partial charge in [-0.2, -0.15) is 5.10 Å². The molecule has 0 bridgehead atoms. The number of hydrogen-bond acceptors (Lipinski definition) is 5. The van der Waals surface area contributed by atoms with Crippen molar-refractivity contribution in [3.05, 3.63) is 30.2 Å². The Labute approximate surface area is 159 Å². The van der Waals surface area contributed by atoms with Crippen LogP contribution in [0.25, 0.3) is 11.5 Å². The van der Waals surface area contributed by atoms with Gasteiger partial charge in [-0.05, 0) is 45.2 Å². The van der Waals surface area contributed by atoms with Gasteiger partial charge in [0.2, 0.25) is 0 Å². The molecule has 1 unspecified atom stereocenters. The number of nitrogens with one attached hydrogen (secondary N) is 3. The van der Waals surface area contributed by atoms with Crippen molar-refractivity contribution in [3.8, 4) is 11.5 Å². The van der Waals surface area contributed by atoms with E-state index < -0.39 is 11.7 Å². The van der Waals surface area contributed by atoms with Crippen LogP contribution in [-0.4, -0.2) is 40.4 Å². The molecule has 2 aromatic heterocycles. The largest absolute Gasteiger partial charge is 0.463 e. The highest BCUT2D eigenvalue weighted by molar-refractivity contribution is 5.93. The minimum absolute atomic E-state index is 0.242. The lowest BCUT2D eigenvalue weighted by molar-refractivity contribution is 0.0518. The van der Waals surface area contributed by atoms with Gasteiger partial charge in [0.05, 0.1) is 6.26 Å². The van der Waals surface area contributed by atoms with Crippen LogP contribution in [0.3, 0.4) is 0 Å². The van der Waals surface area contributed by atoms with E-state index in [1.54, 1.807) is 45.2 Å². The zero-order valence-electron chi connectivity index (χ0n) is 16.5. The van der Waals surface area contributed by atoms with E-state index >= 15 is 0 Å². The Hall–Kier alpha value is -2.77. The Morgan fingerprint density at radius 3 is 2.67 bits per heavy atom. The van der Waals surface area contributed by atoms with Crippen molar-refractivity contribution in [2.24, 2.45) is 5.92 Å². The second kappa shape index (κ2) is 8.75. The molecule has 0 saturated carbocycles. The lowest BCUT2D eigenvalue weighted by Gasteiger charge is -2.23. The maximum absolute atomic E-state index is 12.5. The van der Waals surface area contributed by atoms with Gasteiger partial charge in [0, 0.05) is 18.7 Å². The molecular formula is C19H28N4O4. The zero-order valence-corrected chi connectivity index (χ0v) is 16.5. The number of amides is 2. The molecule has 0 fully saturated rings. The second-order valence-corrected chi connectivity index (χ2v) is 7.83. The van der Waals surface area contributed by atoms with E-state index in [-0.39, 0.29) is 24.2 Å². The summed E-state index contributed by atoms with van der Waals surface area (Å²) in [6.45, 7) is 9.77. The smallest absolute Gasteiger partial charge is 0.407 e. The van der Waals surface area contributed by atoms with Gasteiger partial charge in [-0.1, -0.05) is 13.8 Å². The molecule has 0 radical (unpaired) electrons. The highest BCUT2D eigenvalue weighted by Gasteiger charge is 2.21. The average Bonchev–Trinajstić information content (AvgIpc) is 3.21. The average molecular weight is 376 g/mol. The fourth-order valence-corrected chi connectivity index (χ4v) is 2.54. The number of furan rings is 1. The van der Waals surface area contributed by atoms with Crippen molar-refractivity contribution in [2.45, 2.75) is 52.7 Å². The molecular weight excluding hydrogens is 348 g/mol. The first-order chi connectivity index (χ1) is 12.6. The quantitative estimate of drug-likeness (QED) is 0.687. The monoisotopic (exact) mass is 376 g/mol. The topological polar surface area (TPSA) is 109 Å². The third-order valence-electron chi connectivity index (χ3n) is 3.58. The maximum Gasteiger partial charge on any atom is 0.407 e. The van der Waals surface area contributed by atoms with Crippen molar-refractivity contribution in [2.75, 3.05) is 6.54 Å². The van der Waals surface area contributed by atoms with Gasteiger partial charge in [-0.3, -0.25) is 9.89 Å². The summed E-state index contributed by atoms with van der Waals surface area (Å²) in [5.74, 6) is 0.626. The molecule has 0 spiro atoms. The van der Waals surface area contributed by atoms with Gasteiger partial charge >= 0.3 is 6.09 Å². The van der Waals surface area contributed by atoms with E-state index in [0.29, 0.717) is 23.8 Å². The standard InChI is InChI=1S/C19H28N4O4/c1-12(2)9-13(11-20-18(25)27-19(3,4)5)21-17(24)15-10-14(22-23-15)16-7-6-8-26-16/h6-8,10,12-13H,9,11H2,1-5H3,(H,20,25)(H,21,24)(H,22,23). The first-order valence-electron chi connectivity index (χ1n) is 9.01. The molecule has 2 aromatic rings. The SMILES string of the molecule is CC(C)CC(CNC(=O)OC(C)(C)C)NC(=O)c1cc(-c2ccco2)[nH]n1. The van der Waals surface area contributed by atoms with Crippen LogP contribution in [0.2, 0.25) is 0 Å². The number of aromatic nitrogens is 2. The Morgan fingerprint density at radius 1 is 1.33 bits per heavy atom. The van der Waals surface area contributed by atoms with E-state index in [1.807, 2.05) is 0 Å². The third-order valence-corrected chi connectivity index (χ3v) is 3.58. The van der Waals surface area contributed by atoms with Crippen LogP contribution in [0, 0.1) is 5.92 Å². The van der Waals surface area contributed by atoms with Crippen LogP contribution in [0.1, 0.15) is 51.5 Å². The predicted octanol–water partition coefficient (Wildman–Crippen LogP) is 3.34. The summed E-state index contributed by atoms with van der Waals surface area (Å²) in [6, 6.07) is 4.93. The van der Waals surface area contributed by atoms with Crippen LogP contribution in [0.5, 0.6) is 0 Å². The fourth-order valence-electron chi connectivity index (χ4n) is 2.54. The molecule has 2 heterocycles. The second-order valence-electron chi connectivity index (χ2n) is 7.83. The molecule has 1 atom stereocenters. The minimum atomic E-state index is -0.571. The van der Waals surface area contributed by atoms with Crippen LogP contribution < -0.4 is 10.6 Å². The molecule has 0 aromatic carbocycles. The summed E-state index contributed by atoms with van der Waals surface area (Å²) in [4.78, 5) is 24.4. The number of nitrogens with zero attached hydrogens (tertiary/aromatic N) is 1. The number of aromatic amines is 1. The Kier molecular flexibility index (Phi) is 6.65. The molecule has 0 aliphatic carbocycles. The molecule has 2 amide bonds. The predicted molar refractivity (Wildman–Crippen MR) is 101 cm³/mol. The number of ether oxygens (including phenoxy) is 1. The number of alkyl carbamates (subject to hydrolysis) is 1. The van der Waals surface area contributed by atoms with E-state index in [4.69, 9.17) is 9.15 Å². The minimum Gasteiger partial charge on any atom is -0.463 e. The Bertz CT molecular complexity index is 744. The molecule has 8 heteroatoms. The van der Waals surface area contributed by atoms with Crippen LogP contribution in [0.4, 0.5) is 4.79 Å². The molecule has 0 saturated heterocycles. The molecule has 3 N–H and O–H groups in total. The highest BCUT2D eigenvalue weighted by atomic mass is 16.6. The fraction of sp³-hybridized carbons (Fsp3) is 0.526. The van der Waals surface area contributed by atoms with Crippen molar-refractivity contribution < 1.29 is 18.7 Å². The number of H-pyrrole nitrogens is 1. The van der Waals surface area contributed by atoms with Gasteiger partial charge in [-0.15, -0.1) is 0 Å². The van der Waals surface area contributed by atoms with Gasteiger partial charge in [0.1, 0.15) is 11.3 Å². The number of carbonyl (C=O) groups is 2. The molecule has 0 aliphatic rings. The summed E-state index contributed by atoms with van der Waals surface area (Å²) < 4.78 is 10.5. The Balaban J connectivity index is 1.96. The van der Waals surface area contributed by atoms with Crippen molar-refractivity contribution in [3.63, 3.8) is 0 Å². The summed E-state index contributed by atoms with van der Waals surface area (Å²) >= 11 is 0. The van der Waals surface area contributed by atoms with Gasteiger partial charge < -0.3 is 19.8 Å².